The fourth-order valence-corrected chi connectivity index (χ4v) is 4.32. The van der Waals surface area contributed by atoms with Gasteiger partial charge in [-0.2, -0.15) is 0 Å². The van der Waals surface area contributed by atoms with Gasteiger partial charge in [0, 0.05) is 4.90 Å². The molecule has 2 aromatic carbocycles. The number of rotatable bonds is 10. The van der Waals surface area contributed by atoms with Crippen molar-refractivity contribution in [1.29, 1.82) is 0 Å². The Morgan fingerprint density at radius 2 is 1.75 bits per heavy atom. The zero-order valence-electron chi connectivity index (χ0n) is 16.3. The number of alkyl halides is 1. The van der Waals surface area contributed by atoms with Gasteiger partial charge in [0.25, 0.3) is 0 Å². The molecule has 0 saturated heterocycles. The van der Waals surface area contributed by atoms with Crippen LogP contribution in [0.5, 0.6) is 5.75 Å². The highest BCUT2D eigenvalue weighted by Gasteiger charge is 2.36. The van der Waals surface area contributed by atoms with Crippen LogP contribution in [0.1, 0.15) is 18.1 Å². The first-order chi connectivity index (χ1) is 13.2. The predicted molar refractivity (Wildman–Crippen MR) is 114 cm³/mol. The van der Waals surface area contributed by atoms with Gasteiger partial charge < -0.3 is 19.7 Å². The van der Waals surface area contributed by atoms with Crippen LogP contribution in [0.3, 0.4) is 0 Å². The second-order valence-corrected chi connectivity index (χ2v) is 9.47. The molecule has 0 aliphatic rings. The van der Waals surface area contributed by atoms with E-state index in [9.17, 15) is 14.4 Å². The molecule has 1 unspecified atom stereocenters. The standard InChI is InChI=1S/C21H27BrO5S/c1-15-4-10-18(11-5-15)28(25)13-19(23)20(22)21(2,24)14-27-12-16-6-8-17(26-3)9-7-16/h4-11,19-20,23-24H,12-14H2,1-3H3/t19-,20-,21-,28?/m0/s1. The van der Waals surface area contributed by atoms with Gasteiger partial charge in [0.05, 0.1) is 47.8 Å². The largest absolute Gasteiger partial charge is 0.497 e. The maximum atomic E-state index is 12.5. The van der Waals surface area contributed by atoms with Gasteiger partial charge in [0.1, 0.15) is 11.4 Å². The van der Waals surface area contributed by atoms with Gasteiger partial charge in [-0.15, -0.1) is 0 Å². The SMILES string of the molecule is COc1ccc(COC[C@](C)(O)[C@@H](Br)[C@@H](O)CS(=O)c2ccc(C)cc2)cc1. The lowest BCUT2D eigenvalue weighted by atomic mass is 10.00. The number of ether oxygens (including phenoxy) is 2. The number of aliphatic hydroxyl groups is 2. The van der Waals surface area contributed by atoms with E-state index in [1.165, 1.54) is 0 Å². The number of benzene rings is 2. The van der Waals surface area contributed by atoms with Crippen molar-refractivity contribution in [1.82, 2.24) is 0 Å². The van der Waals surface area contributed by atoms with Gasteiger partial charge in [-0.3, -0.25) is 4.21 Å². The van der Waals surface area contributed by atoms with Gasteiger partial charge in [0.2, 0.25) is 0 Å². The summed E-state index contributed by atoms with van der Waals surface area (Å²) in [7, 11) is 0.248. The molecule has 0 aliphatic carbocycles. The number of aliphatic hydroxyl groups excluding tert-OH is 1. The first kappa shape index (κ1) is 23.0. The molecule has 5 nitrogen and oxygen atoms in total. The van der Waals surface area contributed by atoms with E-state index in [4.69, 9.17) is 9.47 Å². The summed E-state index contributed by atoms with van der Waals surface area (Å²) in [5, 5.41) is 21.1. The Kier molecular flexibility index (Phi) is 8.64. The quantitative estimate of drug-likeness (QED) is 0.521. The molecule has 7 heteroatoms. The number of halogens is 1. The lowest BCUT2D eigenvalue weighted by Crippen LogP contribution is -2.48. The molecule has 0 aromatic heterocycles. The second kappa shape index (κ2) is 10.5. The molecule has 0 radical (unpaired) electrons. The first-order valence-electron chi connectivity index (χ1n) is 8.93. The Labute approximate surface area is 177 Å². The van der Waals surface area contributed by atoms with Crippen LogP contribution in [0.4, 0.5) is 0 Å². The predicted octanol–water partition coefficient (Wildman–Crippen LogP) is 3.20. The summed E-state index contributed by atoms with van der Waals surface area (Å²) < 4.78 is 23.2. The summed E-state index contributed by atoms with van der Waals surface area (Å²) in [6, 6.07) is 14.8. The van der Waals surface area contributed by atoms with Crippen LogP contribution in [-0.2, 0) is 22.1 Å². The molecule has 28 heavy (non-hydrogen) atoms. The minimum atomic E-state index is -1.36. The molecule has 2 rings (SSSR count). The fraction of sp³-hybridized carbons (Fsp3) is 0.429. The van der Waals surface area contributed by atoms with E-state index in [0.29, 0.717) is 11.5 Å². The Morgan fingerprint density at radius 3 is 2.32 bits per heavy atom. The Bertz CT molecular complexity index is 761. The molecule has 0 spiro atoms. The number of aryl methyl sites for hydroxylation is 1. The van der Waals surface area contributed by atoms with Crippen LogP contribution >= 0.6 is 15.9 Å². The van der Waals surface area contributed by atoms with E-state index >= 15 is 0 Å². The highest BCUT2D eigenvalue weighted by molar-refractivity contribution is 9.09. The van der Waals surface area contributed by atoms with Crippen molar-refractivity contribution in [2.75, 3.05) is 19.5 Å². The summed E-state index contributed by atoms with van der Waals surface area (Å²) in [4.78, 5) is -0.0370. The molecule has 0 fully saturated rings. The molecule has 0 bridgehead atoms. The average Bonchev–Trinajstić information content (AvgIpc) is 2.68. The topological polar surface area (TPSA) is 76.0 Å². The number of hydrogen-bond donors (Lipinski definition) is 2. The molecular weight excluding hydrogens is 444 g/mol. The van der Waals surface area contributed by atoms with Crippen LogP contribution in [0, 0.1) is 6.92 Å². The van der Waals surface area contributed by atoms with Crippen LogP contribution in [-0.4, -0.2) is 50.4 Å². The van der Waals surface area contributed by atoms with Crippen molar-refractivity contribution in [3.05, 3.63) is 59.7 Å². The zero-order chi connectivity index (χ0) is 20.7. The van der Waals surface area contributed by atoms with E-state index in [2.05, 4.69) is 15.9 Å². The average molecular weight is 471 g/mol. The summed E-state index contributed by atoms with van der Waals surface area (Å²) >= 11 is 3.35. The van der Waals surface area contributed by atoms with Crippen molar-refractivity contribution >= 4 is 26.7 Å². The molecule has 2 N–H and O–H groups in total. The van der Waals surface area contributed by atoms with Gasteiger partial charge in [-0.25, -0.2) is 0 Å². The molecule has 4 atom stereocenters. The van der Waals surface area contributed by atoms with E-state index in [-0.39, 0.29) is 12.4 Å². The molecule has 2 aromatic rings. The van der Waals surface area contributed by atoms with Crippen LogP contribution in [0.2, 0.25) is 0 Å². The van der Waals surface area contributed by atoms with Crippen molar-refractivity contribution < 1.29 is 23.9 Å². The summed E-state index contributed by atoms with van der Waals surface area (Å²) in [6.07, 6.45) is -0.998. The summed E-state index contributed by atoms with van der Waals surface area (Å²) in [6.45, 7) is 3.88. The van der Waals surface area contributed by atoms with Gasteiger partial charge >= 0.3 is 0 Å². The molecule has 0 heterocycles. The Morgan fingerprint density at radius 1 is 1.14 bits per heavy atom. The molecular formula is C21H27BrO5S. The summed E-state index contributed by atoms with van der Waals surface area (Å²) in [5.41, 5.74) is 0.698. The highest BCUT2D eigenvalue weighted by Crippen LogP contribution is 2.24. The number of hydrogen-bond acceptors (Lipinski definition) is 5. The van der Waals surface area contributed by atoms with E-state index in [1.807, 2.05) is 43.3 Å². The van der Waals surface area contributed by atoms with Gasteiger partial charge in [0.15, 0.2) is 0 Å². The van der Waals surface area contributed by atoms with Crippen molar-refractivity contribution in [2.45, 2.75) is 41.9 Å². The fourth-order valence-electron chi connectivity index (χ4n) is 2.62. The third kappa shape index (κ3) is 6.67. The smallest absolute Gasteiger partial charge is 0.118 e. The maximum absolute atomic E-state index is 12.5. The Hall–Kier alpha value is -1.25. The van der Waals surface area contributed by atoms with Crippen LogP contribution < -0.4 is 4.74 Å². The first-order valence-corrected chi connectivity index (χ1v) is 11.2. The molecule has 154 valence electrons. The minimum Gasteiger partial charge on any atom is -0.497 e. The van der Waals surface area contributed by atoms with E-state index < -0.39 is 27.3 Å². The third-order valence-electron chi connectivity index (χ3n) is 4.36. The maximum Gasteiger partial charge on any atom is 0.118 e. The van der Waals surface area contributed by atoms with Gasteiger partial charge in [-0.1, -0.05) is 45.8 Å². The molecule has 0 saturated carbocycles. The molecule has 0 amide bonds. The van der Waals surface area contributed by atoms with Crippen molar-refractivity contribution in [3.63, 3.8) is 0 Å². The zero-order valence-corrected chi connectivity index (χ0v) is 18.7. The lowest BCUT2D eigenvalue weighted by molar-refractivity contribution is -0.0554. The van der Waals surface area contributed by atoms with Crippen molar-refractivity contribution in [3.8, 4) is 5.75 Å². The van der Waals surface area contributed by atoms with Crippen molar-refractivity contribution in [2.24, 2.45) is 0 Å². The third-order valence-corrected chi connectivity index (χ3v) is 7.40. The van der Waals surface area contributed by atoms with Crippen LogP contribution in [0.15, 0.2) is 53.4 Å². The highest BCUT2D eigenvalue weighted by atomic mass is 79.9. The monoisotopic (exact) mass is 470 g/mol. The lowest BCUT2D eigenvalue weighted by Gasteiger charge is -2.31. The molecule has 0 aliphatic heterocycles. The summed E-state index contributed by atoms with van der Waals surface area (Å²) in [5.74, 6) is 0.786. The van der Waals surface area contributed by atoms with Crippen LogP contribution in [0.25, 0.3) is 0 Å². The van der Waals surface area contributed by atoms with Gasteiger partial charge in [-0.05, 0) is 43.7 Å². The Balaban J connectivity index is 1.86. The van der Waals surface area contributed by atoms with E-state index in [1.54, 1.807) is 26.2 Å². The minimum absolute atomic E-state index is 0.0170. The normalized spacial score (nSPS) is 16.8. The second-order valence-electron chi connectivity index (χ2n) is 6.99. The number of methoxy groups -OCH3 is 1. The van der Waals surface area contributed by atoms with E-state index in [0.717, 1.165) is 16.9 Å².